The predicted molar refractivity (Wildman–Crippen MR) is 193 cm³/mol. The number of aromatic nitrogens is 5. The second-order valence-corrected chi connectivity index (χ2v) is 12.8. The number of pyridine rings is 2. The van der Waals surface area contributed by atoms with Gasteiger partial charge in [0.1, 0.15) is 5.82 Å². The van der Waals surface area contributed by atoms with Crippen molar-refractivity contribution in [3.63, 3.8) is 0 Å². The Hall–Kier alpha value is -5.32. The summed E-state index contributed by atoms with van der Waals surface area (Å²) >= 11 is 0. The van der Waals surface area contributed by atoms with Gasteiger partial charge in [-0.3, -0.25) is 0 Å². The van der Waals surface area contributed by atoms with Gasteiger partial charge in [-0.2, -0.15) is 11.2 Å². The third-order valence-corrected chi connectivity index (χ3v) is 9.32. The summed E-state index contributed by atoms with van der Waals surface area (Å²) in [6, 6.07) is 42.7. The maximum atomic E-state index is 6.52. The maximum Gasteiger partial charge on any atom is 2.00 e. The first-order valence-electron chi connectivity index (χ1n) is 16.2. The van der Waals surface area contributed by atoms with Crippen LogP contribution in [0.4, 0.5) is 0 Å². The van der Waals surface area contributed by atoms with Crippen molar-refractivity contribution < 1.29 is 25.8 Å². The maximum absolute atomic E-state index is 6.52. The summed E-state index contributed by atoms with van der Waals surface area (Å²) in [5.74, 6) is 3.23. The average molecular weight is 817 g/mol. The topological polar surface area (TPSA) is 57.2 Å². The summed E-state index contributed by atoms with van der Waals surface area (Å²) in [6.45, 7) is 8.58. The zero-order valence-corrected chi connectivity index (χ0v) is 29.7. The molecule has 0 bridgehead atoms. The number of benzene rings is 5. The molecule has 0 radical (unpaired) electrons. The van der Waals surface area contributed by atoms with E-state index in [4.69, 9.17) is 19.9 Å². The summed E-state index contributed by atoms with van der Waals surface area (Å²) in [4.78, 5) is 4.86. The van der Waals surface area contributed by atoms with E-state index in [-0.39, 0.29) is 21.1 Å². The number of nitrogens with zero attached hydrogens (tertiary/aromatic N) is 5. The first-order valence-corrected chi connectivity index (χ1v) is 16.2. The van der Waals surface area contributed by atoms with E-state index in [1.165, 1.54) is 11.1 Å². The number of aryl methyl sites for hydroxylation is 2. The second kappa shape index (κ2) is 12.0. The molecule has 9 rings (SSSR count). The fourth-order valence-electron chi connectivity index (χ4n) is 6.83. The molecule has 0 amide bonds. The van der Waals surface area contributed by atoms with Gasteiger partial charge in [0.15, 0.2) is 5.82 Å². The number of para-hydroxylation sites is 1. The largest absolute Gasteiger partial charge is 2.00 e. The molecule has 240 valence electrons. The molecule has 0 aliphatic heterocycles. The van der Waals surface area contributed by atoms with Crippen LogP contribution in [0.2, 0.25) is 0 Å². The molecule has 0 aliphatic carbocycles. The van der Waals surface area contributed by atoms with Crippen LogP contribution in [-0.2, 0) is 21.1 Å². The number of fused-ring (bicyclic) bond motifs is 9. The van der Waals surface area contributed by atoms with Gasteiger partial charge < -0.3 is 13.7 Å². The van der Waals surface area contributed by atoms with Crippen LogP contribution in [0.15, 0.2) is 109 Å². The summed E-state index contributed by atoms with van der Waals surface area (Å²) < 4.78 is 10.8. The molecule has 4 aromatic heterocycles. The van der Waals surface area contributed by atoms with Crippen LogP contribution < -0.4 is 4.74 Å². The Morgan fingerprint density at radius 2 is 1.47 bits per heavy atom. The Morgan fingerprint density at radius 1 is 0.694 bits per heavy atom. The third kappa shape index (κ3) is 5.01. The van der Waals surface area contributed by atoms with Gasteiger partial charge in [-0.05, 0) is 59.9 Å². The molecule has 9 aromatic rings. The van der Waals surface area contributed by atoms with Crippen molar-refractivity contribution in [2.24, 2.45) is 0 Å². The van der Waals surface area contributed by atoms with E-state index < -0.39 is 0 Å². The summed E-state index contributed by atoms with van der Waals surface area (Å²) in [5.41, 5.74) is 8.34. The zero-order valence-electron chi connectivity index (χ0n) is 27.4. The van der Waals surface area contributed by atoms with Crippen LogP contribution in [0.5, 0.6) is 11.5 Å². The molecule has 0 atom stereocenters. The van der Waals surface area contributed by atoms with Gasteiger partial charge in [0.05, 0.1) is 5.65 Å². The molecular weight excluding hydrogens is 786 g/mol. The fourth-order valence-corrected chi connectivity index (χ4v) is 6.83. The quantitative estimate of drug-likeness (QED) is 0.128. The number of hydrogen-bond donors (Lipinski definition) is 0. The molecule has 0 spiro atoms. The molecule has 5 aromatic carbocycles. The summed E-state index contributed by atoms with van der Waals surface area (Å²) in [7, 11) is 0. The standard InChI is InChI=1S/C42H31N5O.Pt/c1-25(2)28-14-20-40(43-24-28)46-37-12-8-7-11-33(37)34-18-16-30(23-39(34)46)48-29-15-17-32-35-21-26(3)13-19-38(35)47-41(31-10-6-5-9-27(31)4)44-45-42(47)36(32)22-29;/h5-21,24-25H,1-4H3;/q-2;+2. The molecule has 7 heteroatoms. The Labute approximate surface area is 298 Å². The molecule has 49 heavy (non-hydrogen) atoms. The van der Waals surface area contributed by atoms with Crippen LogP contribution in [0.3, 0.4) is 0 Å². The van der Waals surface area contributed by atoms with Crippen molar-refractivity contribution in [2.75, 3.05) is 0 Å². The average Bonchev–Trinajstić information content (AvgIpc) is 3.68. The molecule has 0 fully saturated rings. The van der Waals surface area contributed by atoms with E-state index >= 15 is 0 Å². The fraction of sp³-hybridized carbons (Fsp3) is 0.119. The molecular formula is C42H31N5OPt. The van der Waals surface area contributed by atoms with Crippen molar-refractivity contribution in [1.82, 2.24) is 24.1 Å². The van der Waals surface area contributed by atoms with Crippen molar-refractivity contribution in [1.29, 1.82) is 0 Å². The molecule has 0 aliphatic rings. The molecule has 4 heterocycles. The van der Waals surface area contributed by atoms with E-state index in [2.05, 4.69) is 128 Å². The number of hydrogen-bond acceptors (Lipinski definition) is 4. The normalized spacial score (nSPS) is 11.7. The van der Waals surface area contributed by atoms with E-state index in [0.29, 0.717) is 17.4 Å². The van der Waals surface area contributed by atoms with E-state index in [1.54, 1.807) is 0 Å². The predicted octanol–water partition coefficient (Wildman–Crippen LogP) is 10.3. The molecule has 0 unspecified atom stereocenters. The van der Waals surface area contributed by atoms with Crippen LogP contribution in [-0.4, -0.2) is 24.1 Å². The van der Waals surface area contributed by atoms with Gasteiger partial charge in [-0.1, -0.05) is 102 Å². The van der Waals surface area contributed by atoms with E-state index in [0.717, 1.165) is 71.9 Å². The SMILES string of the molecule is Cc1ccc2c(c1)c1ccc(Oc3[c-]c4c(cc3)c3ccccc3n4-c3ccc(C(C)C)cn3)[c-]c1c1nnc(-c3ccccc3C)n21.[Pt+2]. The third-order valence-electron chi connectivity index (χ3n) is 9.32. The molecule has 6 nitrogen and oxygen atoms in total. The van der Waals surface area contributed by atoms with Crippen molar-refractivity contribution in [2.45, 2.75) is 33.6 Å². The van der Waals surface area contributed by atoms with Crippen LogP contribution >= 0.6 is 0 Å². The van der Waals surface area contributed by atoms with Gasteiger partial charge >= 0.3 is 21.1 Å². The van der Waals surface area contributed by atoms with Crippen molar-refractivity contribution >= 4 is 49.1 Å². The molecule has 0 saturated carbocycles. The monoisotopic (exact) mass is 816 g/mol. The first kappa shape index (κ1) is 31.0. The Bertz CT molecular complexity index is 2710. The Kier molecular flexibility index (Phi) is 7.57. The number of ether oxygens (including phenoxy) is 1. The van der Waals surface area contributed by atoms with E-state index in [9.17, 15) is 0 Å². The Morgan fingerprint density at radius 3 is 2.27 bits per heavy atom. The zero-order chi connectivity index (χ0) is 32.5. The number of rotatable bonds is 5. The van der Waals surface area contributed by atoms with Gasteiger partial charge in [-0.25, -0.2) is 4.98 Å². The minimum atomic E-state index is 0. The minimum Gasteiger partial charge on any atom is -0.503 e. The first-order chi connectivity index (χ1) is 23.4. The molecule has 0 N–H and O–H groups in total. The minimum absolute atomic E-state index is 0. The van der Waals surface area contributed by atoms with Crippen molar-refractivity contribution in [3.8, 4) is 28.7 Å². The van der Waals surface area contributed by atoms with Gasteiger partial charge in [0.25, 0.3) is 0 Å². The van der Waals surface area contributed by atoms with Gasteiger partial charge in [0, 0.05) is 34.3 Å². The van der Waals surface area contributed by atoms with Gasteiger partial charge in [0.2, 0.25) is 0 Å². The smallest absolute Gasteiger partial charge is 0.503 e. The summed E-state index contributed by atoms with van der Waals surface area (Å²) in [5, 5.41) is 14.7. The van der Waals surface area contributed by atoms with Crippen molar-refractivity contribution in [3.05, 3.63) is 138 Å². The van der Waals surface area contributed by atoms with E-state index in [1.807, 2.05) is 30.5 Å². The second-order valence-electron chi connectivity index (χ2n) is 12.8. The summed E-state index contributed by atoms with van der Waals surface area (Å²) in [6.07, 6.45) is 1.96. The van der Waals surface area contributed by atoms with Gasteiger partial charge in [-0.15, -0.1) is 34.8 Å². The Balaban J connectivity index is 0.00000348. The molecule has 0 saturated heterocycles. The van der Waals surface area contributed by atoms with Crippen LogP contribution in [0.25, 0.3) is 66.3 Å². The van der Waals surface area contributed by atoms with Crippen LogP contribution in [0, 0.1) is 26.0 Å². The van der Waals surface area contributed by atoms with Crippen LogP contribution in [0.1, 0.15) is 36.5 Å².